The summed E-state index contributed by atoms with van der Waals surface area (Å²) >= 11 is 0. The van der Waals surface area contributed by atoms with Crippen LogP contribution in [-0.4, -0.2) is 40.8 Å². The van der Waals surface area contributed by atoms with Crippen LogP contribution in [0.1, 0.15) is 36.6 Å². The van der Waals surface area contributed by atoms with Crippen molar-refractivity contribution in [2.45, 2.75) is 31.6 Å². The molecule has 1 aliphatic heterocycles. The molecule has 2 atom stereocenters. The molecule has 1 aromatic heterocycles. The molecule has 2 unspecified atom stereocenters. The summed E-state index contributed by atoms with van der Waals surface area (Å²) < 4.78 is 17.0. The van der Waals surface area contributed by atoms with Crippen molar-refractivity contribution in [1.82, 2.24) is 15.0 Å². The standard InChI is InChI=1S/C31H29N3O4/c35-29(37-25-9-5-2-6-10-25)34-20-30(16-17-30)31(21-34)19-26(31)22-11-13-24(14-12-22)36-18-15-27-32-28(38-33-27)23-7-3-1-4-8-23/h1-14,26H,15-21H2. The lowest BCUT2D eigenvalue weighted by Gasteiger charge is -2.17. The Morgan fingerprint density at radius 1 is 0.921 bits per heavy atom. The maximum atomic E-state index is 12.9. The zero-order valence-corrected chi connectivity index (χ0v) is 21.1. The first kappa shape index (κ1) is 23.0. The van der Waals surface area contributed by atoms with E-state index in [0.29, 0.717) is 36.4 Å². The molecule has 0 radical (unpaired) electrons. The number of amides is 1. The van der Waals surface area contributed by atoms with Gasteiger partial charge in [0.25, 0.3) is 5.89 Å². The molecular weight excluding hydrogens is 478 g/mol. The molecule has 3 aromatic carbocycles. The van der Waals surface area contributed by atoms with Crippen molar-refractivity contribution in [2.24, 2.45) is 10.8 Å². The first-order valence-corrected chi connectivity index (χ1v) is 13.3. The number of carbonyl (C=O) groups excluding carboxylic acids is 1. The van der Waals surface area contributed by atoms with Gasteiger partial charge in [0.2, 0.25) is 0 Å². The van der Waals surface area contributed by atoms with Gasteiger partial charge >= 0.3 is 6.09 Å². The summed E-state index contributed by atoms with van der Waals surface area (Å²) in [7, 11) is 0. The third kappa shape index (κ3) is 4.12. The van der Waals surface area contributed by atoms with Gasteiger partial charge in [0.05, 0.1) is 6.61 Å². The van der Waals surface area contributed by atoms with Crippen LogP contribution in [0, 0.1) is 10.8 Å². The number of likely N-dealkylation sites (tertiary alicyclic amines) is 1. The van der Waals surface area contributed by atoms with E-state index in [1.807, 2.05) is 77.7 Å². The van der Waals surface area contributed by atoms with Gasteiger partial charge in [-0.3, -0.25) is 0 Å². The molecule has 2 aliphatic carbocycles. The molecule has 2 saturated carbocycles. The molecule has 1 amide bonds. The van der Waals surface area contributed by atoms with E-state index in [2.05, 4.69) is 22.3 Å². The van der Waals surface area contributed by atoms with Crippen LogP contribution in [0.5, 0.6) is 11.5 Å². The highest BCUT2D eigenvalue weighted by Crippen LogP contribution is 2.79. The fourth-order valence-corrected chi connectivity index (χ4v) is 6.29. The minimum absolute atomic E-state index is 0.181. The van der Waals surface area contributed by atoms with Crippen molar-refractivity contribution in [1.29, 1.82) is 0 Å². The highest BCUT2D eigenvalue weighted by atomic mass is 16.6. The lowest BCUT2D eigenvalue weighted by molar-refractivity contribution is 0.159. The number of para-hydroxylation sites is 1. The van der Waals surface area contributed by atoms with Crippen LogP contribution in [0.4, 0.5) is 4.79 Å². The molecule has 7 heteroatoms. The van der Waals surface area contributed by atoms with E-state index < -0.39 is 0 Å². The Kier molecular flexibility index (Phi) is 5.46. The average molecular weight is 508 g/mol. The Morgan fingerprint density at radius 3 is 2.39 bits per heavy atom. The highest BCUT2D eigenvalue weighted by molar-refractivity contribution is 5.72. The van der Waals surface area contributed by atoms with E-state index in [9.17, 15) is 4.79 Å². The second-order valence-corrected chi connectivity index (χ2v) is 10.8. The number of carbonyl (C=O) groups is 1. The number of benzene rings is 3. The minimum Gasteiger partial charge on any atom is -0.493 e. The largest absolute Gasteiger partial charge is 0.493 e. The van der Waals surface area contributed by atoms with Crippen LogP contribution in [0.2, 0.25) is 0 Å². The Morgan fingerprint density at radius 2 is 1.66 bits per heavy atom. The number of nitrogens with zero attached hydrogens (tertiary/aromatic N) is 3. The normalized spacial score (nSPS) is 22.5. The summed E-state index contributed by atoms with van der Waals surface area (Å²) in [6.45, 7) is 2.05. The smallest absolute Gasteiger partial charge is 0.415 e. The summed E-state index contributed by atoms with van der Waals surface area (Å²) in [5.74, 6) is 3.06. The van der Waals surface area contributed by atoms with Crippen molar-refractivity contribution < 1.29 is 18.8 Å². The second-order valence-electron chi connectivity index (χ2n) is 10.8. The summed E-state index contributed by atoms with van der Waals surface area (Å²) in [6, 6.07) is 27.5. The number of fused-ring (bicyclic) bond motifs is 1. The lowest BCUT2D eigenvalue weighted by atomic mass is 9.85. The van der Waals surface area contributed by atoms with Crippen LogP contribution in [0.15, 0.2) is 89.5 Å². The molecule has 38 heavy (non-hydrogen) atoms. The third-order valence-corrected chi connectivity index (χ3v) is 8.52. The Hall–Kier alpha value is -4.13. The number of aromatic nitrogens is 2. The average Bonchev–Trinajstić information content (AvgIpc) is 3.81. The van der Waals surface area contributed by atoms with Crippen LogP contribution in [0.25, 0.3) is 11.5 Å². The second kappa shape index (κ2) is 9.01. The first-order chi connectivity index (χ1) is 18.6. The Balaban J connectivity index is 0.947. The molecule has 3 fully saturated rings. The zero-order valence-electron chi connectivity index (χ0n) is 21.1. The minimum atomic E-state index is -0.230. The van der Waals surface area contributed by atoms with Gasteiger partial charge in [-0.2, -0.15) is 4.98 Å². The van der Waals surface area contributed by atoms with Gasteiger partial charge in [-0.05, 0) is 72.6 Å². The molecule has 7 nitrogen and oxygen atoms in total. The van der Waals surface area contributed by atoms with Gasteiger partial charge in [-0.25, -0.2) is 4.79 Å². The molecule has 7 rings (SSSR count). The van der Waals surface area contributed by atoms with Gasteiger partial charge in [0, 0.05) is 30.5 Å². The molecule has 0 bridgehead atoms. The lowest BCUT2D eigenvalue weighted by Crippen LogP contribution is -2.32. The van der Waals surface area contributed by atoms with Crippen LogP contribution in [-0.2, 0) is 6.42 Å². The molecule has 2 heterocycles. The van der Waals surface area contributed by atoms with Gasteiger partial charge in [0.1, 0.15) is 11.5 Å². The molecule has 192 valence electrons. The highest BCUT2D eigenvalue weighted by Gasteiger charge is 2.75. The first-order valence-electron chi connectivity index (χ1n) is 13.3. The van der Waals surface area contributed by atoms with Crippen molar-refractivity contribution >= 4 is 6.09 Å². The van der Waals surface area contributed by atoms with Gasteiger partial charge in [-0.15, -0.1) is 0 Å². The van der Waals surface area contributed by atoms with Gasteiger partial charge in [0.15, 0.2) is 5.82 Å². The van der Waals surface area contributed by atoms with Crippen molar-refractivity contribution in [3.8, 4) is 23.0 Å². The maximum Gasteiger partial charge on any atom is 0.415 e. The predicted octanol–water partition coefficient (Wildman–Crippen LogP) is 6.13. The van der Waals surface area contributed by atoms with Crippen LogP contribution in [0.3, 0.4) is 0 Å². The van der Waals surface area contributed by atoms with Crippen molar-refractivity contribution in [2.75, 3.05) is 19.7 Å². The van der Waals surface area contributed by atoms with Gasteiger partial charge in [-0.1, -0.05) is 53.7 Å². The fourth-order valence-electron chi connectivity index (χ4n) is 6.29. The predicted molar refractivity (Wildman–Crippen MR) is 141 cm³/mol. The summed E-state index contributed by atoms with van der Waals surface area (Å²) in [6.07, 6.45) is 3.86. The Labute approximate surface area is 221 Å². The Bertz CT molecular complexity index is 1430. The van der Waals surface area contributed by atoms with E-state index in [1.165, 1.54) is 18.4 Å². The molecule has 4 aromatic rings. The summed E-state index contributed by atoms with van der Waals surface area (Å²) in [4.78, 5) is 19.3. The fraction of sp³-hybridized carbons (Fsp3) is 0.323. The van der Waals surface area contributed by atoms with Crippen LogP contribution >= 0.6 is 0 Å². The van der Waals surface area contributed by atoms with E-state index in [1.54, 1.807) is 0 Å². The summed E-state index contributed by atoms with van der Waals surface area (Å²) in [5.41, 5.74) is 2.67. The van der Waals surface area contributed by atoms with Crippen molar-refractivity contribution in [3.63, 3.8) is 0 Å². The monoisotopic (exact) mass is 507 g/mol. The van der Waals surface area contributed by atoms with E-state index in [-0.39, 0.29) is 16.9 Å². The van der Waals surface area contributed by atoms with E-state index >= 15 is 0 Å². The maximum absolute atomic E-state index is 12.9. The topological polar surface area (TPSA) is 77.7 Å². The third-order valence-electron chi connectivity index (χ3n) is 8.52. The number of hydrogen-bond donors (Lipinski definition) is 0. The molecule has 0 N–H and O–H groups in total. The molecule has 3 aliphatic rings. The SMILES string of the molecule is O=C(Oc1ccccc1)N1CC2(CC2)C2(CC2c2ccc(OCCc3noc(-c4ccccc4)n3)cc2)C1. The van der Waals surface area contributed by atoms with Crippen LogP contribution < -0.4 is 9.47 Å². The molecule has 1 saturated heterocycles. The summed E-state index contributed by atoms with van der Waals surface area (Å²) in [5, 5.41) is 4.07. The molecular formula is C31H29N3O4. The zero-order chi connectivity index (χ0) is 25.6. The number of rotatable bonds is 7. The van der Waals surface area contributed by atoms with Crippen molar-refractivity contribution in [3.05, 3.63) is 96.3 Å². The molecule has 2 spiro atoms. The number of ether oxygens (including phenoxy) is 2. The number of hydrogen-bond acceptors (Lipinski definition) is 6. The van der Waals surface area contributed by atoms with E-state index in [4.69, 9.17) is 14.0 Å². The van der Waals surface area contributed by atoms with E-state index in [0.717, 1.165) is 30.8 Å². The quantitative estimate of drug-likeness (QED) is 0.300. The van der Waals surface area contributed by atoms with Gasteiger partial charge < -0.3 is 18.9 Å².